The molecule has 1 amide bonds. The molecule has 3 N–H and O–H groups in total. The van der Waals surface area contributed by atoms with E-state index >= 15 is 0 Å². The number of hydrogen-bond donors (Lipinski definition) is 2. The number of carbonyl (C=O) groups excluding carboxylic acids is 1. The molecule has 1 aliphatic heterocycles. The average molecular weight is 250 g/mol. The lowest BCUT2D eigenvalue weighted by molar-refractivity contribution is -0.124. The maximum atomic E-state index is 11.5. The van der Waals surface area contributed by atoms with E-state index in [0.29, 0.717) is 25.7 Å². The topological polar surface area (TPSA) is 67.6 Å². The van der Waals surface area contributed by atoms with Crippen LogP contribution in [-0.4, -0.2) is 55.7 Å². The molecular weight excluding hydrogens is 230 g/mol. The van der Waals surface area contributed by atoms with Gasteiger partial charge in [-0.25, -0.2) is 0 Å². The second-order valence-corrected chi connectivity index (χ2v) is 4.31. The third-order valence-corrected chi connectivity index (χ3v) is 2.80. The highest BCUT2D eigenvalue weighted by Crippen LogP contribution is 2.18. The van der Waals surface area contributed by atoms with Crippen molar-refractivity contribution >= 4 is 18.3 Å². The Hall–Kier alpha value is -0.360. The van der Waals surface area contributed by atoms with Gasteiger partial charge in [0.25, 0.3) is 0 Å². The number of nitrogens with one attached hydrogen (secondary N) is 1. The van der Waals surface area contributed by atoms with Gasteiger partial charge in [0.2, 0.25) is 5.91 Å². The Bertz CT molecular complexity index is 236. The van der Waals surface area contributed by atoms with Crippen LogP contribution in [0.1, 0.15) is 12.8 Å². The van der Waals surface area contributed by atoms with Gasteiger partial charge in [0.1, 0.15) is 0 Å². The predicted molar refractivity (Wildman–Crippen MR) is 63.6 cm³/mol. The molecule has 1 heterocycles. The zero-order valence-electron chi connectivity index (χ0n) is 9.35. The van der Waals surface area contributed by atoms with Gasteiger partial charge in [0.05, 0.1) is 19.3 Å². The van der Waals surface area contributed by atoms with Crippen molar-refractivity contribution in [1.82, 2.24) is 10.2 Å². The van der Waals surface area contributed by atoms with E-state index in [2.05, 4.69) is 10.2 Å². The molecule has 0 radical (unpaired) electrons. The number of carbonyl (C=O) groups is 1. The molecule has 1 unspecified atom stereocenters. The van der Waals surface area contributed by atoms with Gasteiger partial charge in [-0.2, -0.15) is 0 Å². The maximum absolute atomic E-state index is 11.5. The number of nitrogens with two attached hydrogens (primary N) is 1. The molecular formula is C10H20ClN3O2. The molecule has 2 aliphatic rings. The molecule has 5 nitrogen and oxygen atoms in total. The minimum Gasteiger partial charge on any atom is -0.374 e. The summed E-state index contributed by atoms with van der Waals surface area (Å²) in [6.45, 7) is 3.29. The second-order valence-electron chi connectivity index (χ2n) is 4.31. The van der Waals surface area contributed by atoms with Crippen LogP contribution in [0.2, 0.25) is 0 Å². The fourth-order valence-corrected chi connectivity index (χ4v) is 1.77. The van der Waals surface area contributed by atoms with Gasteiger partial charge in [-0.15, -0.1) is 12.4 Å². The van der Waals surface area contributed by atoms with Gasteiger partial charge in [-0.05, 0) is 12.8 Å². The third kappa shape index (κ3) is 4.25. The molecule has 0 aromatic carbocycles. The van der Waals surface area contributed by atoms with Crippen LogP contribution in [0, 0.1) is 0 Å². The zero-order chi connectivity index (χ0) is 10.7. The SMILES string of the molecule is Cl.NCC1CN(CC(=O)NC2CC2)CCO1. The summed E-state index contributed by atoms with van der Waals surface area (Å²) < 4.78 is 5.43. The molecule has 1 saturated heterocycles. The van der Waals surface area contributed by atoms with E-state index in [-0.39, 0.29) is 24.4 Å². The van der Waals surface area contributed by atoms with E-state index in [1.165, 1.54) is 0 Å². The van der Waals surface area contributed by atoms with Gasteiger partial charge in [0, 0.05) is 25.7 Å². The van der Waals surface area contributed by atoms with Crippen LogP contribution in [0.3, 0.4) is 0 Å². The third-order valence-electron chi connectivity index (χ3n) is 2.80. The Labute approximate surface area is 102 Å². The van der Waals surface area contributed by atoms with Crippen LogP contribution in [0.15, 0.2) is 0 Å². The summed E-state index contributed by atoms with van der Waals surface area (Å²) in [5, 5.41) is 2.98. The highest BCUT2D eigenvalue weighted by Gasteiger charge is 2.25. The van der Waals surface area contributed by atoms with Crippen molar-refractivity contribution in [2.75, 3.05) is 32.8 Å². The summed E-state index contributed by atoms with van der Waals surface area (Å²) in [4.78, 5) is 13.6. The lowest BCUT2D eigenvalue weighted by atomic mass is 10.2. The lowest BCUT2D eigenvalue weighted by Crippen LogP contribution is -2.49. The lowest BCUT2D eigenvalue weighted by Gasteiger charge is -2.31. The Morgan fingerprint density at radius 2 is 2.25 bits per heavy atom. The first-order valence-electron chi connectivity index (χ1n) is 5.61. The summed E-state index contributed by atoms with van der Waals surface area (Å²) in [6, 6.07) is 0.448. The van der Waals surface area contributed by atoms with E-state index in [9.17, 15) is 4.79 Å². The first-order valence-corrected chi connectivity index (χ1v) is 5.61. The monoisotopic (exact) mass is 249 g/mol. The fraction of sp³-hybridized carbons (Fsp3) is 0.900. The minimum atomic E-state index is 0. The first-order chi connectivity index (χ1) is 7.28. The van der Waals surface area contributed by atoms with Crippen LogP contribution in [-0.2, 0) is 9.53 Å². The molecule has 1 saturated carbocycles. The van der Waals surface area contributed by atoms with Crippen LogP contribution in [0.25, 0.3) is 0 Å². The summed E-state index contributed by atoms with van der Waals surface area (Å²) in [7, 11) is 0. The molecule has 0 aromatic rings. The maximum Gasteiger partial charge on any atom is 0.234 e. The smallest absolute Gasteiger partial charge is 0.234 e. The number of hydrogen-bond acceptors (Lipinski definition) is 4. The standard InChI is InChI=1S/C10H19N3O2.ClH/c11-5-9-6-13(3-4-15-9)7-10(14)12-8-1-2-8;/h8-9H,1-7,11H2,(H,12,14);1H. The normalized spacial score (nSPS) is 25.9. The van der Waals surface area contributed by atoms with Crippen LogP contribution in [0.5, 0.6) is 0 Å². The number of amides is 1. The fourth-order valence-electron chi connectivity index (χ4n) is 1.77. The van der Waals surface area contributed by atoms with Crippen molar-refractivity contribution in [3.63, 3.8) is 0 Å². The largest absolute Gasteiger partial charge is 0.374 e. The number of nitrogens with zero attached hydrogens (tertiary/aromatic N) is 1. The van der Waals surface area contributed by atoms with Gasteiger partial charge in [-0.1, -0.05) is 0 Å². The van der Waals surface area contributed by atoms with Crippen molar-refractivity contribution in [2.45, 2.75) is 25.0 Å². The summed E-state index contributed by atoms with van der Waals surface area (Å²) in [6.07, 6.45) is 2.37. The molecule has 2 rings (SSSR count). The van der Waals surface area contributed by atoms with E-state index in [1.807, 2.05) is 0 Å². The zero-order valence-corrected chi connectivity index (χ0v) is 10.2. The number of ether oxygens (including phenoxy) is 1. The Morgan fingerprint density at radius 1 is 1.50 bits per heavy atom. The van der Waals surface area contributed by atoms with Crippen LogP contribution < -0.4 is 11.1 Å². The Kier molecular flexibility index (Phi) is 5.48. The summed E-state index contributed by atoms with van der Waals surface area (Å²) in [5.74, 6) is 0.134. The second kappa shape index (κ2) is 6.39. The van der Waals surface area contributed by atoms with Crippen LogP contribution in [0.4, 0.5) is 0 Å². The number of rotatable bonds is 4. The quantitative estimate of drug-likeness (QED) is 0.695. The molecule has 16 heavy (non-hydrogen) atoms. The van der Waals surface area contributed by atoms with Crippen molar-refractivity contribution in [1.29, 1.82) is 0 Å². The highest BCUT2D eigenvalue weighted by atomic mass is 35.5. The molecule has 2 fully saturated rings. The minimum absolute atomic E-state index is 0. The Balaban J connectivity index is 0.00000128. The molecule has 1 atom stereocenters. The van der Waals surface area contributed by atoms with Crippen molar-refractivity contribution in [3.8, 4) is 0 Å². The molecule has 1 aliphatic carbocycles. The molecule has 0 spiro atoms. The number of morpholine rings is 1. The summed E-state index contributed by atoms with van der Waals surface area (Å²) >= 11 is 0. The van der Waals surface area contributed by atoms with Gasteiger partial charge >= 0.3 is 0 Å². The predicted octanol–water partition coefficient (Wildman–Crippen LogP) is -0.654. The van der Waals surface area contributed by atoms with Crippen LogP contribution >= 0.6 is 12.4 Å². The summed E-state index contributed by atoms with van der Waals surface area (Å²) in [5.41, 5.74) is 5.53. The van der Waals surface area contributed by atoms with E-state index in [4.69, 9.17) is 10.5 Å². The number of halogens is 1. The van der Waals surface area contributed by atoms with Gasteiger partial charge in [-0.3, -0.25) is 9.69 Å². The first kappa shape index (κ1) is 13.7. The van der Waals surface area contributed by atoms with Crippen molar-refractivity contribution in [3.05, 3.63) is 0 Å². The van der Waals surface area contributed by atoms with E-state index < -0.39 is 0 Å². The molecule has 6 heteroatoms. The van der Waals surface area contributed by atoms with Gasteiger partial charge < -0.3 is 15.8 Å². The van der Waals surface area contributed by atoms with Crippen molar-refractivity contribution < 1.29 is 9.53 Å². The van der Waals surface area contributed by atoms with Gasteiger partial charge in [0.15, 0.2) is 0 Å². The molecule has 94 valence electrons. The van der Waals surface area contributed by atoms with Crippen molar-refractivity contribution in [2.24, 2.45) is 5.73 Å². The average Bonchev–Trinajstić information content (AvgIpc) is 3.02. The van der Waals surface area contributed by atoms with E-state index in [0.717, 1.165) is 25.9 Å². The molecule has 0 bridgehead atoms. The molecule has 0 aromatic heterocycles. The highest BCUT2D eigenvalue weighted by molar-refractivity contribution is 5.85. The Morgan fingerprint density at radius 3 is 2.88 bits per heavy atom. The van der Waals surface area contributed by atoms with E-state index in [1.54, 1.807) is 0 Å².